The molecule has 2 unspecified atom stereocenters. The van der Waals surface area contributed by atoms with Gasteiger partial charge >= 0.3 is 0 Å². The molecule has 0 saturated carbocycles. The van der Waals surface area contributed by atoms with Crippen LogP contribution in [0.1, 0.15) is 26.2 Å². The normalized spacial score (nSPS) is 22.4. The van der Waals surface area contributed by atoms with Gasteiger partial charge in [-0.05, 0) is 37.4 Å². The van der Waals surface area contributed by atoms with Crippen LogP contribution in [-0.2, 0) is 4.79 Å². The maximum atomic E-state index is 12.4. The van der Waals surface area contributed by atoms with Crippen LogP contribution in [0.5, 0.6) is 0 Å². The predicted octanol–water partition coefficient (Wildman–Crippen LogP) is 1.86. The molecule has 1 aliphatic rings. The summed E-state index contributed by atoms with van der Waals surface area (Å²) in [5.74, 6) is 1.47. The monoisotopic (exact) mass is 276 g/mol. The van der Waals surface area contributed by atoms with Crippen LogP contribution in [-0.4, -0.2) is 37.6 Å². The number of hydrogen-bond donors (Lipinski definition) is 2. The van der Waals surface area contributed by atoms with E-state index < -0.39 is 0 Å². The highest BCUT2D eigenvalue weighted by atomic mass is 16.2. The van der Waals surface area contributed by atoms with Gasteiger partial charge in [-0.15, -0.1) is 0 Å². The van der Waals surface area contributed by atoms with Gasteiger partial charge in [-0.25, -0.2) is 4.98 Å². The lowest BCUT2D eigenvalue weighted by atomic mass is 9.90. The van der Waals surface area contributed by atoms with Crippen molar-refractivity contribution >= 4 is 17.4 Å². The number of nitrogens with one attached hydrogen (secondary N) is 2. The number of hydrogen-bond acceptors (Lipinski definition) is 4. The van der Waals surface area contributed by atoms with Gasteiger partial charge in [0.05, 0.1) is 11.7 Å². The van der Waals surface area contributed by atoms with Gasteiger partial charge in [-0.3, -0.25) is 4.79 Å². The van der Waals surface area contributed by atoms with Crippen LogP contribution >= 0.6 is 0 Å². The minimum Gasteiger partial charge on any atom is -0.361 e. The number of carbonyl (C=O) groups is 1. The fourth-order valence-corrected chi connectivity index (χ4v) is 2.64. The zero-order valence-corrected chi connectivity index (χ0v) is 12.5. The van der Waals surface area contributed by atoms with Crippen molar-refractivity contribution in [1.29, 1.82) is 0 Å². The lowest BCUT2D eigenvalue weighted by molar-refractivity contribution is -0.119. The molecule has 0 aromatic carbocycles. The van der Waals surface area contributed by atoms with Gasteiger partial charge in [-0.1, -0.05) is 13.3 Å². The van der Waals surface area contributed by atoms with E-state index in [-0.39, 0.29) is 11.9 Å². The number of rotatable bonds is 4. The van der Waals surface area contributed by atoms with Crippen molar-refractivity contribution < 1.29 is 4.79 Å². The first kappa shape index (κ1) is 14.8. The van der Waals surface area contributed by atoms with E-state index in [2.05, 4.69) is 22.5 Å². The summed E-state index contributed by atoms with van der Waals surface area (Å²) in [6.45, 7) is 3.11. The topological polar surface area (TPSA) is 57.3 Å². The number of carbonyl (C=O) groups excluding carboxylic acids is 1. The number of nitrogens with zero attached hydrogens (tertiary/aromatic N) is 2. The van der Waals surface area contributed by atoms with Crippen LogP contribution in [0.25, 0.3) is 0 Å². The van der Waals surface area contributed by atoms with Crippen LogP contribution in [0.15, 0.2) is 18.3 Å². The average molecular weight is 276 g/mol. The van der Waals surface area contributed by atoms with Crippen LogP contribution in [0.3, 0.4) is 0 Å². The molecule has 1 aliphatic heterocycles. The highest BCUT2D eigenvalue weighted by molar-refractivity contribution is 5.97. The van der Waals surface area contributed by atoms with Gasteiger partial charge in [0.2, 0.25) is 5.91 Å². The first-order valence-electron chi connectivity index (χ1n) is 7.28. The Morgan fingerprint density at radius 1 is 1.55 bits per heavy atom. The smallest absolute Gasteiger partial charge is 0.241 e. The second-order valence-electron chi connectivity index (χ2n) is 5.56. The maximum absolute atomic E-state index is 12.4. The second-order valence-corrected chi connectivity index (χ2v) is 5.56. The predicted molar refractivity (Wildman–Crippen MR) is 82.0 cm³/mol. The quantitative estimate of drug-likeness (QED) is 0.881. The van der Waals surface area contributed by atoms with Crippen LogP contribution in [0.4, 0.5) is 11.5 Å². The molecular formula is C15H24N4O. The zero-order chi connectivity index (χ0) is 14.5. The summed E-state index contributed by atoms with van der Waals surface area (Å²) in [6, 6.07) is 3.63. The molecule has 5 nitrogen and oxygen atoms in total. The summed E-state index contributed by atoms with van der Waals surface area (Å²) in [4.78, 5) is 18.6. The van der Waals surface area contributed by atoms with Crippen molar-refractivity contribution in [3.63, 3.8) is 0 Å². The van der Waals surface area contributed by atoms with Crippen LogP contribution in [0.2, 0.25) is 0 Å². The van der Waals surface area contributed by atoms with E-state index >= 15 is 0 Å². The van der Waals surface area contributed by atoms with Gasteiger partial charge in [0.25, 0.3) is 0 Å². The third-order valence-corrected chi connectivity index (χ3v) is 3.87. The Labute approximate surface area is 120 Å². The standard InChI is InChI=1S/C15H24N4O/c1-4-11-7-9-16-13(10-11)15(20)18-12-6-5-8-17-14(12)19(2)3/h5-6,8,11,13,16H,4,7,9-10H2,1-3H3,(H,18,20). The zero-order valence-electron chi connectivity index (χ0n) is 12.5. The minimum absolute atomic E-state index is 0.0410. The molecule has 2 rings (SSSR count). The summed E-state index contributed by atoms with van der Waals surface area (Å²) >= 11 is 0. The molecule has 110 valence electrons. The van der Waals surface area contributed by atoms with Crippen molar-refractivity contribution in [3.8, 4) is 0 Å². The number of aromatic nitrogens is 1. The van der Waals surface area contributed by atoms with E-state index in [0.29, 0.717) is 5.92 Å². The van der Waals surface area contributed by atoms with Crippen molar-refractivity contribution in [2.45, 2.75) is 32.2 Å². The first-order chi connectivity index (χ1) is 9.61. The van der Waals surface area contributed by atoms with Crippen molar-refractivity contribution in [2.24, 2.45) is 5.92 Å². The Kier molecular flexibility index (Phi) is 4.95. The molecule has 2 atom stereocenters. The first-order valence-corrected chi connectivity index (χ1v) is 7.28. The van der Waals surface area contributed by atoms with Crippen LogP contribution in [0, 0.1) is 5.92 Å². The average Bonchev–Trinajstić information content (AvgIpc) is 2.47. The minimum atomic E-state index is -0.0936. The largest absolute Gasteiger partial charge is 0.361 e. The number of anilines is 2. The van der Waals surface area contributed by atoms with E-state index in [1.165, 1.54) is 0 Å². The summed E-state index contributed by atoms with van der Waals surface area (Å²) in [7, 11) is 3.84. The van der Waals surface area contributed by atoms with Gasteiger partial charge in [0.1, 0.15) is 0 Å². The molecule has 0 aliphatic carbocycles. The summed E-state index contributed by atoms with van der Waals surface area (Å²) in [5.41, 5.74) is 0.767. The van der Waals surface area contributed by atoms with Crippen molar-refractivity contribution in [2.75, 3.05) is 30.9 Å². The SMILES string of the molecule is CCC1CCNC(C(=O)Nc2cccnc2N(C)C)C1. The van der Waals surface area contributed by atoms with E-state index in [1.807, 2.05) is 31.1 Å². The molecule has 5 heteroatoms. The van der Waals surface area contributed by atoms with Crippen LogP contribution < -0.4 is 15.5 Å². The molecule has 1 aromatic rings. The van der Waals surface area contributed by atoms with E-state index in [4.69, 9.17) is 0 Å². The lowest BCUT2D eigenvalue weighted by Gasteiger charge is -2.29. The number of pyridine rings is 1. The molecule has 1 amide bonds. The molecule has 0 bridgehead atoms. The number of amides is 1. The molecular weight excluding hydrogens is 252 g/mol. The third-order valence-electron chi connectivity index (χ3n) is 3.87. The van der Waals surface area contributed by atoms with Gasteiger partial charge in [0.15, 0.2) is 5.82 Å². The molecule has 2 heterocycles. The second kappa shape index (κ2) is 6.70. The molecule has 0 spiro atoms. The summed E-state index contributed by atoms with van der Waals surface area (Å²) < 4.78 is 0. The molecule has 20 heavy (non-hydrogen) atoms. The van der Waals surface area contributed by atoms with Gasteiger partial charge < -0.3 is 15.5 Å². The van der Waals surface area contributed by atoms with Gasteiger partial charge in [0, 0.05) is 20.3 Å². The molecule has 1 saturated heterocycles. The Balaban J connectivity index is 2.04. The Morgan fingerprint density at radius 2 is 2.35 bits per heavy atom. The molecule has 0 radical (unpaired) electrons. The fraction of sp³-hybridized carbons (Fsp3) is 0.600. The van der Waals surface area contributed by atoms with E-state index in [1.54, 1.807) is 6.20 Å². The third kappa shape index (κ3) is 3.48. The number of piperidine rings is 1. The maximum Gasteiger partial charge on any atom is 0.241 e. The van der Waals surface area contributed by atoms with Crippen molar-refractivity contribution in [3.05, 3.63) is 18.3 Å². The fourth-order valence-electron chi connectivity index (χ4n) is 2.64. The lowest BCUT2D eigenvalue weighted by Crippen LogP contribution is -2.46. The summed E-state index contributed by atoms with van der Waals surface area (Å²) in [6.07, 6.45) is 4.95. The molecule has 1 aromatic heterocycles. The molecule has 2 N–H and O–H groups in total. The van der Waals surface area contributed by atoms with E-state index in [0.717, 1.165) is 37.3 Å². The van der Waals surface area contributed by atoms with E-state index in [9.17, 15) is 4.79 Å². The highest BCUT2D eigenvalue weighted by Gasteiger charge is 2.26. The highest BCUT2D eigenvalue weighted by Crippen LogP contribution is 2.23. The van der Waals surface area contributed by atoms with Crippen molar-refractivity contribution in [1.82, 2.24) is 10.3 Å². The molecule has 1 fully saturated rings. The van der Waals surface area contributed by atoms with Gasteiger partial charge in [-0.2, -0.15) is 0 Å². The summed E-state index contributed by atoms with van der Waals surface area (Å²) in [5, 5.41) is 6.31. The Hall–Kier alpha value is -1.62. The Bertz CT molecular complexity index is 461. The Morgan fingerprint density at radius 3 is 3.05 bits per heavy atom.